The van der Waals surface area contributed by atoms with Gasteiger partial charge < -0.3 is 15.2 Å². The van der Waals surface area contributed by atoms with Crippen molar-refractivity contribution in [2.45, 2.75) is 46.2 Å². The van der Waals surface area contributed by atoms with Gasteiger partial charge in [0.05, 0.1) is 5.39 Å². The van der Waals surface area contributed by atoms with E-state index in [2.05, 4.69) is 15.5 Å². The van der Waals surface area contributed by atoms with Gasteiger partial charge in [-0.2, -0.15) is 23.0 Å². The van der Waals surface area contributed by atoms with Gasteiger partial charge in [0.25, 0.3) is 0 Å². The molecule has 0 radical (unpaired) electrons. The molecule has 36 heavy (non-hydrogen) atoms. The molecule has 2 heterocycles. The van der Waals surface area contributed by atoms with Gasteiger partial charge in [0.2, 0.25) is 0 Å². The Kier molecular flexibility index (Phi) is 6.52. The topological polar surface area (TPSA) is 99.1 Å². The normalized spacial score (nSPS) is 12.8. The highest BCUT2D eigenvalue weighted by atomic mass is 19.4. The molecule has 0 amide bonds. The lowest BCUT2D eigenvalue weighted by Crippen LogP contribution is -2.31. The molecule has 0 fully saturated rings. The summed E-state index contributed by atoms with van der Waals surface area (Å²) in [7, 11) is 1.42. The lowest BCUT2D eigenvalue weighted by atomic mass is 10.1. The van der Waals surface area contributed by atoms with Crippen LogP contribution >= 0.6 is 0 Å². The summed E-state index contributed by atoms with van der Waals surface area (Å²) in [5, 5.41) is 20.8. The van der Waals surface area contributed by atoms with Crippen LogP contribution in [0.5, 0.6) is 5.75 Å². The summed E-state index contributed by atoms with van der Waals surface area (Å²) < 4.78 is 64.4. The fourth-order valence-electron chi connectivity index (χ4n) is 3.85. The Balaban J connectivity index is 2.00. The molecule has 192 valence electrons. The lowest BCUT2D eigenvalue weighted by molar-refractivity contribution is -0.188. The first-order valence-corrected chi connectivity index (χ1v) is 11.0. The highest BCUT2D eigenvalue weighted by molar-refractivity contribution is 5.99. The van der Waals surface area contributed by atoms with Crippen LogP contribution in [0, 0.1) is 12.7 Å². The predicted octanol–water partition coefficient (Wildman–Crippen LogP) is 3.95. The molecule has 2 aromatic heterocycles. The second-order valence-corrected chi connectivity index (χ2v) is 8.16. The highest BCUT2D eigenvalue weighted by Crippen LogP contribution is 2.40. The number of hydrogen-bond donors (Lipinski definition) is 2. The molecule has 1 unspecified atom stereocenters. The number of fused-ring (bicyclic) bond motifs is 1. The van der Waals surface area contributed by atoms with Crippen molar-refractivity contribution in [2.24, 2.45) is 7.05 Å². The maximum Gasteiger partial charge on any atom is 0.425 e. The van der Waals surface area contributed by atoms with Gasteiger partial charge in [-0.3, -0.25) is 9.25 Å². The fourth-order valence-corrected chi connectivity index (χ4v) is 3.85. The second kappa shape index (κ2) is 9.30. The second-order valence-electron chi connectivity index (χ2n) is 8.16. The first-order chi connectivity index (χ1) is 17.0. The van der Waals surface area contributed by atoms with E-state index in [1.54, 1.807) is 19.1 Å². The van der Waals surface area contributed by atoms with Crippen LogP contribution in [0.2, 0.25) is 0 Å². The van der Waals surface area contributed by atoms with Gasteiger partial charge in [-0.1, -0.05) is 18.2 Å². The number of ether oxygens (including phenoxy) is 1. The summed E-state index contributed by atoms with van der Waals surface area (Å²) in [5.74, 6) is -1.25. The molecular weight excluding hydrogens is 484 g/mol. The summed E-state index contributed by atoms with van der Waals surface area (Å²) in [4.78, 5) is 12.9. The number of benzene rings is 2. The van der Waals surface area contributed by atoms with Gasteiger partial charge in [-0.25, -0.2) is 9.18 Å². The average molecular weight is 508 g/mol. The number of rotatable bonds is 7. The van der Waals surface area contributed by atoms with Gasteiger partial charge in [0, 0.05) is 25.3 Å². The van der Waals surface area contributed by atoms with E-state index in [0.717, 1.165) is 27.8 Å². The number of nitrogens with zero attached hydrogens (tertiary/aromatic N) is 5. The molecule has 2 N–H and O–H groups in total. The molecule has 9 nitrogen and oxygen atoms in total. The summed E-state index contributed by atoms with van der Waals surface area (Å²) in [6.07, 6.45) is -6.96. The van der Waals surface area contributed by atoms with Crippen LogP contribution in [0.3, 0.4) is 0 Å². The van der Waals surface area contributed by atoms with Gasteiger partial charge >= 0.3 is 11.9 Å². The number of halogens is 4. The molecule has 4 aromatic rings. The van der Waals surface area contributed by atoms with Crippen molar-refractivity contribution in [1.82, 2.24) is 24.1 Å². The number of aliphatic hydroxyl groups excluding tert-OH is 1. The van der Waals surface area contributed by atoms with Crippen LogP contribution in [-0.4, -0.2) is 41.5 Å². The zero-order chi connectivity index (χ0) is 26.4. The molecule has 0 saturated carbocycles. The standard InChI is InChI=1S/C23H24F4N6O3/c1-5-32-17(11-34)29-33(22(32)35)15-10-16(36-13(3)23(25,26)27)18-20(19(15)24)31(4)30-21(18)28-14-9-7-6-8-12(14)2/h6-10,13,34H,5,11H2,1-4H3,(H,28,30). The molecule has 0 saturated heterocycles. The average Bonchev–Trinajstić information content (AvgIpc) is 3.32. The SMILES string of the molecule is CCn1c(CO)nn(-c2cc(OC(C)C(F)(F)F)c3c(Nc4ccccc4C)nn(C)c3c2F)c1=O. The molecule has 0 spiro atoms. The number of anilines is 2. The third-order valence-corrected chi connectivity index (χ3v) is 5.78. The lowest BCUT2D eigenvalue weighted by Gasteiger charge is -2.19. The maximum atomic E-state index is 15.9. The molecular formula is C23H24F4N6O3. The molecule has 0 aliphatic heterocycles. The number of aliphatic hydroxyl groups is 1. The molecule has 0 aliphatic rings. The Bertz CT molecular complexity index is 1490. The summed E-state index contributed by atoms with van der Waals surface area (Å²) in [5.41, 5.74) is 0.0331. The minimum Gasteiger partial charge on any atom is -0.480 e. The van der Waals surface area contributed by atoms with Gasteiger partial charge in [-0.05, 0) is 32.4 Å². The monoisotopic (exact) mass is 508 g/mol. The predicted molar refractivity (Wildman–Crippen MR) is 124 cm³/mol. The van der Waals surface area contributed by atoms with E-state index in [0.29, 0.717) is 10.4 Å². The van der Waals surface area contributed by atoms with Gasteiger partial charge in [0.1, 0.15) is 23.6 Å². The van der Waals surface area contributed by atoms with E-state index in [1.165, 1.54) is 7.05 Å². The van der Waals surface area contributed by atoms with Crippen LogP contribution in [-0.2, 0) is 20.2 Å². The zero-order valence-corrected chi connectivity index (χ0v) is 19.9. The minimum atomic E-state index is -4.71. The largest absolute Gasteiger partial charge is 0.480 e. The molecule has 0 bridgehead atoms. The van der Waals surface area contributed by atoms with Crippen molar-refractivity contribution in [3.05, 3.63) is 58.0 Å². The summed E-state index contributed by atoms with van der Waals surface area (Å²) >= 11 is 0. The van der Waals surface area contributed by atoms with Crippen molar-refractivity contribution in [3.8, 4) is 11.4 Å². The van der Waals surface area contributed by atoms with Crippen molar-refractivity contribution in [2.75, 3.05) is 5.32 Å². The molecule has 1 atom stereocenters. The van der Waals surface area contributed by atoms with E-state index in [4.69, 9.17) is 4.74 Å². The Hall–Kier alpha value is -3.87. The van der Waals surface area contributed by atoms with Crippen LogP contribution < -0.4 is 15.7 Å². The number of hydrogen-bond acceptors (Lipinski definition) is 6. The summed E-state index contributed by atoms with van der Waals surface area (Å²) in [6, 6.07) is 8.13. The smallest absolute Gasteiger partial charge is 0.425 e. The van der Waals surface area contributed by atoms with Gasteiger partial charge in [-0.15, -0.1) is 5.10 Å². The first kappa shape index (κ1) is 25.2. The number of aryl methyl sites for hydroxylation is 2. The Morgan fingerprint density at radius 3 is 2.50 bits per heavy atom. The number of para-hydroxylation sites is 1. The van der Waals surface area contributed by atoms with E-state index < -0.39 is 36.1 Å². The highest BCUT2D eigenvalue weighted by Gasteiger charge is 2.39. The van der Waals surface area contributed by atoms with Crippen molar-refractivity contribution < 1.29 is 27.4 Å². The quantitative estimate of drug-likeness (QED) is 0.367. The van der Waals surface area contributed by atoms with E-state index in [-0.39, 0.29) is 34.8 Å². The number of aromatic nitrogens is 5. The van der Waals surface area contributed by atoms with Crippen molar-refractivity contribution in [3.63, 3.8) is 0 Å². The van der Waals surface area contributed by atoms with E-state index in [1.807, 2.05) is 19.1 Å². The van der Waals surface area contributed by atoms with Crippen LogP contribution in [0.1, 0.15) is 25.2 Å². The van der Waals surface area contributed by atoms with E-state index >= 15 is 4.39 Å². The molecule has 13 heteroatoms. The fraction of sp³-hybridized carbons (Fsp3) is 0.348. The van der Waals surface area contributed by atoms with Crippen LogP contribution in [0.4, 0.5) is 29.1 Å². The Labute approximate surface area is 202 Å². The first-order valence-electron chi connectivity index (χ1n) is 11.0. The molecule has 2 aromatic carbocycles. The molecule has 0 aliphatic carbocycles. The van der Waals surface area contributed by atoms with Crippen LogP contribution in [0.25, 0.3) is 16.6 Å². The van der Waals surface area contributed by atoms with Crippen molar-refractivity contribution in [1.29, 1.82) is 0 Å². The third-order valence-electron chi connectivity index (χ3n) is 5.78. The van der Waals surface area contributed by atoms with Crippen LogP contribution in [0.15, 0.2) is 35.1 Å². The maximum absolute atomic E-state index is 15.9. The zero-order valence-electron chi connectivity index (χ0n) is 19.9. The van der Waals surface area contributed by atoms with Crippen molar-refractivity contribution >= 4 is 22.4 Å². The van der Waals surface area contributed by atoms with Gasteiger partial charge in [0.15, 0.2) is 23.6 Å². The third kappa shape index (κ3) is 4.30. The number of nitrogens with one attached hydrogen (secondary N) is 1. The minimum absolute atomic E-state index is 0.0277. The Morgan fingerprint density at radius 2 is 1.92 bits per heavy atom. The summed E-state index contributed by atoms with van der Waals surface area (Å²) in [6.45, 7) is 3.83. The van der Waals surface area contributed by atoms with E-state index in [9.17, 15) is 23.1 Å². The molecule has 4 rings (SSSR count). The Morgan fingerprint density at radius 1 is 1.22 bits per heavy atom. The number of alkyl halides is 3.